The van der Waals surface area contributed by atoms with Crippen molar-refractivity contribution in [3.05, 3.63) is 53.6 Å². The van der Waals surface area contributed by atoms with Crippen LogP contribution >= 0.6 is 0 Å². The van der Waals surface area contributed by atoms with E-state index in [1.807, 2.05) is 0 Å². The molecule has 0 saturated heterocycles. The summed E-state index contributed by atoms with van der Waals surface area (Å²) in [5.41, 5.74) is 0.535. The number of ether oxygens (including phenoxy) is 2. The van der Waals surface area contributed by atoms with E-state index >= 15 is 0 Å². The lowest BCUT2D eigenvalue weighted by atomic mass is 10.0. The highest BCUT2D eigenvalue weighted by atomic mass is 16.5. The number of esters is 1. The number of hydrogen-bond acceptors (Lipinski definition) is 5. The molecular weight excluding hydrogens is 272 g/mol. The molecule has 3 rings (SSSR count). The zero-order chi connectivity index (χ0) is 14.8. The van der Waals surface area contributed by atoms with Gasteiger partial charge in [0.25, 0.3) is 0 Å². The Hall–Kier alpha value is -2.82. The van der Waals surface area contributed by atoms with Gasteiger partial charge in [-0.15, -0.1) is 0 Å². The average Bonchev–Trinajstić information content (AvgIpc) is 2.48. The van der Waals surface area contributed by atoms with Crippen LogP contribution in [0.25, 0.3) is 0 Å². The quantitative estimate of drug-likeness (QED) is 0.677. The van der Waals surface area contributed by atoms with Gasteiger partial charge >= 0.3 is 5.97 Å². The number of hydrogen-bond donors (Lipinski definition) is 1. The highest BCUT2D eigenvalue weighted by Crippen LogP contribution is 2.36. The fourth-order valence-electron chi connectivity index (χ4n) is 2.15. The summed E-state index contributed by atoms with van der Waals surface area (Å²) in [5, 5.41) is 9.90. The van der Waals surface area contributed by atoms with Crippen LogP contribution < -0.4 is 9.47 Å². The predicted molar refractivity (Wildman–Crippen MR) is 73.9 cm³/mol. The van der Waals surface area contributed by atoms with E-state index in [1.54, 1.807) is 30.3 Å². The maximum Gasteiger partial charge on any atom is 0.343 e. The van der Waals surface area contributed by atoms with Gasteiger partial charge in [-0.3, -0.25) is 4.79 Å². The van der Waals surface area contributed by atoms with Crippen LogP contribution in [0.2, 0.25) is 0 Å². The van der Waals surface area contributed by atoms with Crippen molar-refractivity contribution in [2.45, 2.75) is 6.42 Å². The monoisotopic (exact) mass is 284 g/mol. The van der Waals surface area contributed by atoms with Crippen molar-refractivity contribution < 1.29 is 24.2 Å². The Morgan fingerprint density at radius 3 is 2.71 bits per heavy atom. The maximum atomic E-state index is 11.9. The van der Waals surface area contributed by atoms with Gasteiger partial charge in [0.15, 0.2) is 5.78 Å². The zero-order valence-corrected chi connectivity index (χ0v) is 11.0. The molecule has 0 fully saturated rings. The summed E-state index contributed by atoms with van der Waals surface area (Å²) in [6.45, 7) is 0.251. The normalized spacial score (nSPS) is 13.2. The summed E-state index contributed by atoms with van der Waals surface area (Å²) >= 11 is 0. The van der Waals surface area contributed by atoms with Gasteiger partial charge in [0.1, 0.15) is 22.8 Å². The molecule has 106 valence electrons. The van der Waals surface area contributed by atoms with Crippen molar-refractivity contribution in [1.29, 1.82) is 0 Å². The van der Waals surface area contributed by atoms with Gasteiger partial charge in [-0.25, -0.2) is 4.79 Å². The van der Waals surface area contributed by atoms with Gasteiger partial charge in [0.2, 0.25) is 0 Å². The highest BCUT2D eigenvalue weighted by Gasteiger charge is 2.24. The number of benzene rings is 2. The lowest BCUT2D eigenvalue weighted by Gasteiger charge is -2.18. The summed E-state index contributed by atoms with van der Waals surface area (Å²) < 4.78 is 10.5. The van der Waals surface area contributed by atoms with Crippen LogP contribution in [0.4, 0.5) is 0 Å². The molecule has 0 aliphatic carbocycles. The second kappa shape index (κ2) is 5.28. The third-order valence-corrected chi connectivity index (χ3v) is 3.14. The van der Waals surface area contributed by atoms with Crippen molar-refractivity contribution in [1.82, 2.24) is 0 Å². The Morgan fingerprint density at radius 2 is 1.95 bits per heavy atom. The summed E-state index contributed by atoms with van der Waals surface area (Å²) in [6, 6.07) is 11.2. The lowest BCUT2D eigenvalue weighted by molar-refractivity contribution is 0.0734. The minimum absolute atomic E-state index is 0.134. The Kier molecular flexibility index (Phi) is 3.31. The molecule has 0 aromatic heterocycles. The van der Waals surface area contributed by atoms with Gasteiger partial charge in [-0.05, 0) is 12.1 Å². The van der Waals surface area contributed by atoms with Crippen LogP contribution in [0, 0.1) is 0 Å². The standard InChI is InChI=1S/C16H12O5/c17-12-6-7-20-14-9-11(8-13(18)15(12)14)21-16(19)10-4-2-1-3-5-10/h1-5,8-9,18H,6-7H2. The average molecular weight is 284 g/mol. The Balaban J connectivity index is 1.89. The molecule has 0 saturated carbocycles. The van der Waals surface area contributed by atoms with E-state index < -0.39 is 5.97 Å². The number of carbonyl (C=O) groups excluding carboxylic acids is 2. The van der Waals surface area contributed by atoms with Gasteiger partial charge in [0, 0.05) is 18.6 Å². The number of phenols is 1. The number of Topliss-reactive ketones (excluding diaryl/α,β-unsaturated/α-hetero) is 1. The van der Waals surface area contributed by atoms with Crippen molar-refractivity contribution in [2.75, 3.05) is 6.61 Å². The van der Waals surface area contributed by atoms with Crippen molar-refractivity contribution in [2.24, 2.45) is 0 Å². The van der Waals surface area contributed by atoms with E-state index in [0.29, 0.717) is 5.56 Å². The minimum Gasteiger partial charge on any atom is -0.507 e. The van der Waals surface area contributed by atoms with Gasteiger partial charge in [-0.1, -0.05) is 18.2 Å². The molecule has 0 bridgehead atoms. The van der Waals surface area contributed by atoms with E-state index in [0.717, 1.165) is 0 Å². The van der Waals surface area contributed by atoms with Crippen LogP contribution in [-0.2, 0) is 0 Å². The molecule has 5 nitrogen and oxygen atoms in total. The first-order valence-electron chi connectivity index (χ1n) is 6.45. The smallest absolute Gasteiger partial charge is 0.343 e. The molecule has 1 N–H and O–H groups in total. The van der Waals surface area contributed by atoms with E-state index in [1.165, 1.54) is 12.1 Å². The SMILES string of the molecule is O=C(Oc1cc(O)c2c(c1)OCCC2=O)c1ccccc1. The number of aromatic hydroxyl groups is 1. The molecule has 2 aromatic carbocycles. The molecule has 1 aliphatic heterocycles. The Labute approximate surface area is 120 Å². The van der Waals surface area contributed by atoms with E-state index in [2.05, 4.69) is 0 Å². The predicted octanol–water partition coefficient (Wildman–Crippen LogP) is 2.58. The van der Waals surface area contributed by atoms with Crippen LogP contribution in [-0.4, -0.2) is 23.5 Å². The number of ketones is 1. The first-order valence-corrected chi connectivity index (χ1v) is 6.45. The largest absolute Gasteiger partial charge is 0.507 e. The van der Waals surface area contributed by atoms with Crippen molar-refractivity contribution in [3.8, 4) is 17.2 Å². The molecule has 2 aromatic rings. The lowest BCUT2D eigenvalue weighted by Crippen LogP contribution is -2.16. The van der Waals surface area contributed by atoms with E-state index in [-0.39, 0.29) is 41.6 Å². The number of phenolic OH excluding ortho intramolecular Hbond substituents is 1. The summed E-state index contributed by atoms with van der Waals surface area (Å²) in [6.07, 6.45) is 0.226. The van der Waals surface area contributed by atoms with Gasteiger partial charge < -0.3 is 14.6 Å². The third kappa shape index (κ3) is 2.58. The molecule has 1 heterocycles. The zero-order valence-electron chi connectivity index (χ0n) is 11.0. The fourth-order valence-corrected chi connectivity index (χ4v) is 2.15. The third-order valence-electron chi connectivity index (χ3n) is 3.14. The molecule has 0 atom stereocenters. The molecule has 1 aliphatic rings. The van der Waals surface area contributed by atoms with Crippen LogP contribution in [0.5, 0.6) is 17.2 Å². The molecule has 5 heteroatoms. The molecular formula is C16H12O5. The fraction of sp³-hybridized carbons (Fsp3) is 0.125. The first kappa shape index (κ1) is 13.2. The summed E-state index contributed by atoms with van der Waals surface area (Å²) in [4.78, 5) is 23.7. The molecule has 0 amide bonds. The Morgan fingerprint density at radius 1 is 1.19 bits per heavy atom. The first-order chi connectivity index (χ1) is 10.1. The highest BCUT2D eigenvalue weighted by molar-refractivity contribution is 6.02. The summed E-state index contributed by atoms with van der Waals surface area (Å²) in [5.74, 6) is -0.600. The second-order valence-electron chi connectivity index (χ2n) is 4.59. The minimum atomic E-state index is -0.544. The molecule has 0 unspecified atom stereocenters. The van der Waals surface area contributed by atoms with Gasteiger partial charge in [0.05, 0.1) is 12.2 Å². The van der Waals surface area contributed by atoms with Crippen LogP contribution in [0.1, 0.15) is 27.1 Å². The second-order valence-corrected chi connectivity index (χ2v) is 4.59. The number of carbonyl (C=O) groups is 2. The van der Waals surface area contributed by atoms with Crippen molar-refractivity contribution in [3.63, 3.8) is 0 Å². The maximum absolute atomic E-state index is 11.9. The van der Waals surface area contributed by atoms with Gasteiger partial charge in [-0.2, -0.15) is 0 Å². The molecule has 0 spiro atoms. The van der Waals surface area contributed by atoms with Crippen LogP contribution in [0.3, 0.4) is 0 Å². The van der Waals surface area contributed by atoms with Crippen molar-refractivity contribution >= 4 is 11.8 Å². The number of rotatable bonds is 2. The number of fused-ring (bicyclic) bond motifs is 1. The van der Waals surface area contributed by atoms with Crippen LogP contribution in [0.15, 0.2) is 42.5 Å². The topological polar surface area (TPSA) is 72.8 Å². The summed E-state index contributed by atoms with van der Waals surface area (Å²) in [7, 11) is 0. The molecule has 0 radical (unpaired) electrons. The Bertz CT molecular complexity index is 706. The molecule has 21 heavy (non-hydrogen) atoms. The van der Waals surface area contributed by atoms with E-state index in [4.69, 9.17) is 9.47 Å². The van der Waals surface area contributed by atoms with E-state index in [9.17, 15) is 14.7 Å².